The third kappa shape index (κ3) is 1.81. The van der Waals surface area contributed by atoms with Crippen molar-refractivity contribution in [1.82, 2.24) is 5.32 Å². The highest BCUT2D eigenvalue weighted by Crippen LogP contribution is 2.38. The molecule has 1 aliphatic rings. The summed E-state index contributed by atoms with van der Waals surface area (Å²) in [5, 5.41) is 28.3. The number of carbonyl (C=O) groups is 1. The van der Waals surface area contributed by atoms with Gasteiger partial charge in [-0.15, -0.1) is 0 Å². The molecule has 0 saturated heterocycles. The smallest absolute Gasteiger partial charge is 0.405 e. The molecule has 1 saturated carbocycles. The molecular formula is C6H11NO4. The molecule has 0 aromatic rings. The van der Waals surface area contributed by atoms with Gasteiger partial charge in [0.2, 0.25) is 0 Å². The van der Waals surface area contributed by atoms with Crippen molar-refractivity contribution in [1.29, 1.82) is 0 Å². The SMILES string of the molecule is O=C(O)N[C@H](CO)C1(O)CC1. The summed E-state index contributed by atoms with van der Waals surface area (Å²) < 4.78 is 0. The first-order valence-electron chi connectivity index (χ1n) is 3.41. The van der Waals surface area contributed by atoms with Crippen LogP contribution in [0.2, 0.25) is 0 Å². The van der Waals surface area contributed by atoms with E-state index in [-0.39, 0.29) is 6.61 Å². The predicted octanol–water partition coefficient (Wildman–Crippen LogP) is -0.860. The van der Waals surface area contributed by atoms with Gasteiger partial charge in [0.05, 0.1) is 18.2 Å². The van der Waals surface area contributed by atoms with E-state index in [1.54, 1.807) is 0 Å². The summed E-state index contributed by atoms with van der Waals surface area (Å²) in [6, 6.07) is -0.736. The van der Waals surface area contributed by atoms with Crippen molar-refractivity contribution in [3.05, 3.63) is 0 Å². The molecule has 5 heteroatoms. The summed E-state index contributed by atoms with van der Waals surface area (Å²) in [5.41, 5.74) is -0.993. The fourth-order valence-corrected chi connectivity index (χ4v) is 0.975. The number of aliphatic hydroxyl groups is 2. The molecule has 0 heterocycles. The van der Waals surface area contributed by atoms with Gasteiger partial charge in [-0.25, -0.2) is 4.79 Å². The van der Waals surface area contributed by atoms with Crippen LogP contribution in [0.5, 0.6) is 0 Å². The van der Waals surface area contributed by atoms with Crippen molar-refractivity contribution >= 4 is 6.09 Å². The van der Waals surface area contributed by atoms with Gasteiger partial charge in [0, 0.05) is 0 Å². The fourth-order valence-electron chi connectivity index (χ4n) is 0.975. The Bertz CT molecular complexity index is 166. The van der Waals surface area contributed by atoms with Gasteiger partial charge in [-0.1, -0.05) is 0 Å². The molecule has 0 bridgehead atoms. The lowest BCUT2D eigenvalue weighted by Gasteiger charge is -2.19. The van der Waals surface area contributed by atoms with Gasteiger partial charge in [-0.2, -0.15) is 0 Å². The molecule has 0 unspecified atom stereocenters. The van der Waals surface area contributed by atoms with Gasteiger partial charge < -0.3 is 20.6 Å². The summed E-state index contributed by atoms with van der Waals surface area (Å²) in [6.45, 7) is -0.358. The largest absolute Gasteiger partial charge is 0.465 e. The maximum atomic E-state index is 10.1. The van der Waals surface area contributed by atoms with E-state index in [0.717, 1.165) is 0 Å². The van der Waals surface area contributed by atoms with E-state index in [0.29, 0.717) is 12.8 Å². The Balaban J connectivity index is 2.43. The fraction of sp³-hybridized carbons (Fsp3) is 0.833. The number of hydrogen-bond acceptors (Lipinski definition) is 3. The number of amides is 1. The molecule has 1 amide bonds. The van der Waals surface area contributed by atoms with Crippen LogP contribution in [0, 0.1) is 0 Å². The van der Waals surface area contributed by atoms with Gasteiger partial charge in [-0.3, -0.25) is 0 Å². The first-order chi connectivity index (χ1) is 5.08. The molecule has 0 radical (unpaired) electrons. The van der Waals surface area contributed by atoms with E-state index in [1.807, 2.05) is 5.32 Å². The Morgan fingerprint density at radius 1 is 1.64 bits per heavy atom. The van der Waals surface area contributed by atoms with E-state index in [4.69, 9.17) is 10.2 Å². The molecule has 1 atom stereocenters. The molecule has 11 heavy (non-hydrogen) atoms. The summed E-state index contributed by atoms with van der Waals surface area (Å²) in [6.07, 6.45) is -0.110. The lowest BCUT2D eigenvalue weighted by Crippen LogP contribution is -2.46. The average molecular weight is 161 g/mol. The van der Waals surface area contributed by atoms with Crippen LogP contribution < -0.4 is 5.32 Å². The molecule has 0 aliphatic heterocycles. The van der Waals surface area contributed by atoms with Crippen molar-refractivity contribution in [2.75, 3.05) is 6.61 Å². The molecular weight excluding hydrogens is 150 g/mol. The Labute approximate surface area is 63.7 Å². The van der Waals surface area contributed by atoms with Gasteiger partial charge in [0.25, 0.3) is 0 Å². The zero-order chi connectivity index (χ0) is 8.48. The number of rotatable bonds is 3. The maximum absolute atomic E-state index is 10.1. The van der Waals surface area contributed by atoms with Crippen molar-refractivity contribution in [2.45, 2.75) is 24.5 Å². The molecule has 5 nitrogen and oxygen atoms in total. The van der Waals surface area contributed by atoms with Gasteiger partial charge >= 0.3 is 6.09 Å². The highest BCUT2D eigenvalue weighted by molar-refractivity contribution is 5.65. The lowest BCUT2D eigenvalue weighted by atomic mass is 10.1. The van der Waals surface area contributed by atoms with Crippen LogP contribution in [0.25, 0.3) is 0 Å². The van der Waals surface area contributed by atoms with Gasteiger partial charge in [0.1, 0.15) is 0 Å². The van der Waals surface area contributed by atoms with Crippen LogP contribution in [0.4, 0.5) is 4.79 Å². The molecule has 0 aromatic heterocycles. The monoisotopic (exact) mass is 161 g/mol. The molecule has 0 spiro atoms. The second-order valence-corrected chi connectivity index (χ2v) is 2.79. The average Bonchev–Trinajstić information content (AvgIpc) is 2.63. The van der Waals surface area contributed by atoms with Crippen LogP contribution in [-0.2, 0) is 0 Å². The lowest BCUT2D eigenvalue weighted by molar-refractivity contribution is 0.0677. The van der Waals surface area contributed by atoms with E-state index in [2.05, 4.69) is 0 Å². The molecule has 1 aliphatic carbocycles. The van der Waals surface area contributed by atoms with E-state index >= 15 is 0 Å². The van der Waals surface area contributed by atoms with Gasteiger partial charge in [-0.05, 0) is 12.8 Å². The summed E-state index contributed by atoms with van der Waals surface area (Å²) in [4.78, 5) is 10.1. The summed E-state index contributed by atoms with van der Waals surface area (Å²) in [5.74, 6) is 0. The zero-order valence-corrected chi connectivity index (χ0v) is 5.95. The second-order valence-electron chi connectivity index (χ2n) is 2.79. The minimum atomic E-state index is -1.22. The van der Waals surface area contributed by atoms with Crippen LogP contribution in [0.1, 0.15) is 12.8 Å². The molecule has 0 aromatic carbocycles. The number of carboxylic acid groups (broad SMARTS) is 1. The summed E-state index contributed by atoms with van der Waals surface area (Å²) in [7, 11) is 0. The first-order valence-corrected chi connectivity index (χ1v) is 3.41. The van der Waals surface area contributed by atoms with Gasteiger partial charge in [0.15, 0.2) is 0 Å². The first kappa shape index (κ1) is 8.29. The van der Waals surface area contributed by atoms with Crippen LogP contribution >= 0.6 is 0 Å². The maximum Gasteiger partial charge on any atom is 0.405 e. The second kappa shape index (κ2) is 2.67. The molecule has 4 N–H and O–H groups in total. The molecule has 1 fully saturated rings. The van der Waals surface area contributed by atoms with Crippen LogP contribution in [0.3, 0.4) is 0 Å². The van der Waals surface area contributed by atoms with Crippen molar-refractivity contribution < 1.29 is 20.1 Å². The zero-order valence-electron chi connectivity index (χ0n) is 5.95. The van der Waals surface area contributed by atoms with E-state index in [1.165, 1.54) is 0 Å². The van der Waals surface area contributed by atoms with Crippen molar-refractivity contribution in [3.63, 3.8) is 0 Å². The van der Waals surface area contributed by atoms with Crippen molar-refractivity contribution in [3.8, 4) is 0 Å². The summed E-state index contributed by atoms with van der Waals surface area (Å²) >= 11 is 0. The van der Waals surface area contributed by atoms with Crippen LogP contribution in [-0.4, -0.2) is 39.7 Å². The normalized spacial score (nSPS) is 22.4. The minimum Gasteiger partial charge on any atom is -0.465 e. The Morgan fingerprint density at radius 2 is 2.18 bits per heavy atom. The predicted molar refractivity (Wildman–Crippen MR) is 36.2 cm³/mol. The van der Waals surface area contributed by atoms with E-state index in [9.17, 15) is 9.90 Å². The van der Waals surface area contributed by atoms with E-state index < -0.39 is 17.7 Å². The number of aliphatic hydroxyl groups excluding tert-OH is 1. The standard InChI is InChI=1S/C6H11NO4/c8-3-4(7-5(9)10)6(11)1-2-6/h4,7-8,11H,1-3H2,(H,9,10)/t4-/m1/s1. The molecule has 64 valence electrons. The third-order valence-electron chi connectivity index (χ3n) is 1.89. The highest BCUT2D eigenvalue weighted by atomic mass is 16.4. The molecule has 1 rings (SSSR count). The number of nitrogens with one attached hydrogen (secondary N) is 1. The topological polar surface area (TPSA) is 89.8 Å². The van der Waals surface area contributed by atoms with Crippen molar-refractivity contribution in [2.24, 2.45) is 0 Å². The number of hydrogen-bond donors (Lipinski definition) is 4. The Hall–Kier alpha value is -0.810. The minimum absolute atomic E-state index is 0.358. The Kier molecular flexibility index (Phi) is 2.01. The quantitative estimate of drug-likeness (QED) is 0.433. The Morgan fingerprint density at radius 3 is 2.45 bits per heavy atom. The third-order valence-corrected chi connectivity index (χ3v) is 1.89. The highest BCUT2D eigenvalue weighted by Gasteiger charge is 2.48. The van der Waals surface area contributed by atoms with Crippen LogP contribution in [0.15, 0.2) is 0 Å².